The lowest BCUT2D eigenvalue weighted by Gasteiger charge is -2.13. The van der Waals surface area contributed by atoms with Crippen molar-refractivity contribution in [1.82, 2.24) is 0 Å². The van der Waals surface area contributed by atoms with E-state index in [9.17, 15) is 0 Å². The molecule has 0 amide bonds. The number of benzene rings is 6. The predicted molar refractivity (Wildman–Crippen MR) is 152 cm³/mol. The first-order chi connectivity index (χ1) is 17.8. The molecule has 168 valence electrons. The van der Waals surface area contributed by atoms with E-state index >= 15 is 0 Å². The maximum atomic E-state index is 6.59. The monoisotopic (exact) mass is 459 g/mol. The molecule has 0 saturated heterocycles. The van der Waals surface area contributed by atoms with Gasteiger partial charge in [0.05, 0.1) is 5.69 Å². The maximum Gasteiger partial charge on any atom is 0.198 e. The van der Waals surface area contributed by atoms with Crippen LogP contribution in [0.2, 0.25) is 0 Å². The van der Waals surface area contributed by atoms with Gasteiger partial charge in [-0.1, -0.05) is 97.1 Å². The first-order valence-electron chi connectivity index (χ1n) is 12.2. The van der Waals surface area contributed by atoms with E-state index in [1.54, 1.807) is 0 Å². The number of nitrogens with zero attached hydrogens (tertiary/aromatic N) is 1. The summed E-state index contributed by atoms with van der Waals surface area (Å²) in [5.74, 6) is 0.380. The van der Waals surface area contributed by atoms with Gasteiger partial charge in [0.25, 0.3) is 0 Å². The number of anilines is 1. The molecule has 0 unspecified atom stereocenters. The van der Waals surface area contributed by atoms with Crippen LogP contribution in [0.3, 0.4) is 0 Å². The molecule has 0 saturated carbocycles. The standard InChI is InChI=1S/C33H21N3/c34-33(35-27-17-15-19-7-5-13-23-21-9-1-3-11-25(21)31(27)29(19)23)36-28-18-16-20-8-6-14-24-22-10-2-4-12-26(22)32(28)30(20)24/h1-18H,(H3,34,35,36). The summed E-state index contributed by atoms with van der Waals surface area (Å²) in [6.07, 6.45) is 0. The van der Waals surface area contributed by atoms with Crippen molar-refractivity contribution >= 4 is 38.9 Å². The van der Waals surface area contributed by atoms with E-state index < -0.39 is 0 Å². The van der Waals surface area contributed by atoms with Crippen LogP contribution < -0.4 is 11.1 Å². The van der Waals surface area contributed by atoms with E-state index in [4.69, 9.17) is 10.7 Å². The lowest BCUT2D eigenvalue weighted by molar-refractivity contribution is 1.45. The molecular formula is C33H21N3. The molecule has 3 nitrogen and oxygen atoms in total. The molecule has 3 N–H and O–H groups in total. The smallest absolute Gasteiger partial charge is 0.198 e. The molecule has 0 aliphatic heterocycles. The van der Waals surface area contributed by atoms with E-state index in [1.165, 1.54) is 60.5 Å². The van der Waals surface area contributed by atoms with E-state index in [-0.39, 0.29) is 0 Å². The van der Waals surface area contributed by atoms with Crippen molar-refractivity contribution in [2.45, 2.75) is 0 Å². The minimum Gasteiger partial charge on any atom is -0.369 e. The minimum atomic E-state index is 0.380. The van der Waals surface area contributed by atoms with Gasteiger partial charge in [0.1, 0.15) is 0 Å². The van der Waals surface area contributed by atoms with Crippen LogP contribution in [0.4, 0.5) is 11.4 Å². The fourth-order valence-corrected chi connectivity index (χ4v) is 6.11. The van der Waals surface area contributed by atoms with Crippen LogP contribution in [0.5, 0.6) is 0 Å². The lowest BCUT2D eigenvalue weighted by Crippen LogP contribution is -2.22. The Hall–Kier alpha value is -4.89. The summed E-state index contributed by atoms with van der Waals surface area (Å²) in [6, 6.07) is 38.6. The van der Waals surface area contributed by atoms with Gasteiger partial charge < -0.3 is 11.1 Å². The zero-order chi connectivity index (χ0) is 23.8. The SMILES string of the molecule is NC(=Nc1ccc2cccc3c2c1-c1ccccc1-3)Nc1ccc2cccc3c2c1-c1ccccc1-3. The Labute approximate surface area is 208 Å². The minimum absolute atomic E-state index is 0.380. The highest BCUT2D eigenvalue weighted by atomic mass is 15.1. The Morgan fingerprint density at radius 1 is 0.500 bits per heavy atom. The molecule has 36 heavy (non-hydrogen) atoms. The number of nitrogens with one attached hydrogen (secondary N) is 1. The van der Waals surface area contributed by atoms with Crippen LogP contribution in [0, 0.1) is 0 Å². The molecule has 6 aromatic carbocycles. The third kappa shape index (κ3) is 2.54. The molecule has 3 heteroatoms. The molecule has 0 aromatic heterocycles. The summed E-state index contributed by atoms with van der Waals surface area (Å²) in [4.78, 5) is 4.92. The average Bonchev–Trinajstić information content (AvgIpc) is 3.44. The third-order valence-corrected chi connectivity index (χ3v) is 7.55. The van der Waals surface area contributed by atoms with Crippen molar-refractivity contribution in [3.05, 3.63) is 109 Å². The van der Waals surface area contributed by atoms with E-state index in [1.807, 2.05) is 0 Å². The number of nitrogens with two attached hydrogens (primary N) is 1. The van der Waals surface area contributed by atoms with Crippen molar-refractivity contribution in [2.24, 2.45) is 10.7 Å². The van der Waals surface area contributed by atoms with Crippen LogP contribution >= 0.6 is 0 Å². The van der Waals surface area contributed by atoms with Crippen LogP contribution in [0.15, 0.2) is 114 Å². The van der Waals surface area contributed by atoms with Gasteiger partial charge in [-0.25, -0.2) is 4.99 Å². The molecule has 0 radical (unpaired) electrons. The second-order valence-electron chi connectivity index (χ2n) is 9.47. The van der Waals surface area contributed by atoms with Crippen LogP contribution in [0.25, 0.3) is 66.1 Å². The summed E-state index contributed by atoms with van der Waals surface area (Å²) >= 11 is 0. The maximum absolute atomic E-state index is 6.59. The number of hydrogen-bond donors (Lipinski definition) is 2. The second kappa shape index (κ2) is 7.06. The van der Waals surface area contributed by atoms with E-state index in [2.05, 4.69) is 115 Å². The van der Waals surface area contributed by atoms with Gasteiger partial charge in [-0.3, -0.25) is 0 Å². The second-order valence-corrected chi connectivity index (χ2v) is 9.47. The van der Waals surface area contributed by atoms with Crippen molar-refractivity contribution in [3.8, 4) is 44.5 Å². The zero-order valence-corrected chi connectivity index (χ0v) is 19.4. The van der Waals surface area contributed by atoms with Gasteiger partial charge in [0, 0.05) is 16.8 Å². The van der Waals surface area contributed by atoms with Crippen LogP contribution in [-0.2, 0) is 0 Å². The van der Waals surface area contributed by atoms with Gasteiger partial charge in [-0.15, -0.1) is 0 Å². The zero-order valence-electron chi connectivity index (χ0n) is 19.4. The van der Waals surface area contributed by atoms with E-state index in [0.717, 1.165) is 16.9 Å². The Balaban J connectivity index is 1.28. The molecule has 0 bridgehead atoms. The van der Waals surface area contributed by atoms with Crippen molar-refractivity contribution in [2.75, 3.05) is 5.32 Å². The van der Waals surface area contributed by atoms with Gasteiger partial charge in [-0.05, 0) is 67.1 Å². The highest BCUT2D eigenvalue weighted by Crippen LogP contribution is 2.52. The first-order valence-corrected chi connectivity index (χ1v) is 12.2. The molecule has 0 atom stereocenters. The van der Waals surface area contributed by atoms with Crippen molar-refractivity contribution in [3.63, 3.8) is 0 Å². The molecule has 0 fully saturated rings. The molecule has 8 rings (SSSR count). The normalized spacial score (nSPS) is 12.7. The topological polar surface area (TPSA) is 50.4 Å². The number of aliphatic imine (C=N–C) groups is 1. The van der Waals surface area contributed by atoms with Crippen molar-refractivity contribution in [1.29, 1.82) is 0 Å². The number of fused-ring (bicyclic) bond motifs is 6. The molecule has 0 spiro atoms. The highest BCUT2D eigenvalue weighted by Gasteiger charge is 2.25. The quantitative estimate of drug-likeness (QED) is 0.202. The highest BCUT2D eigenvalue weighted by molar-refractivity contribution is 6.21. The van der Waals surface area contributed by atoms with Gasteiger partial charge >= 0.3 is 0 Å². The average molecular weight is 460 g/mol. The molecule has 2 aliphatic rings. The van der Waals surface area contributed by atoms with Gasteiger partial charge in [0.15, 0.2) is 5.96 Å². The van der Waals surface area contributed by atoms with Crippen LogP contribution in [-0.4, -0.2) is 5.96 Å². The Morgan fingerprint density at radius 2 is 1.03 bits per heavy atom. The number of guanidine groups is 1. The summed E-state index contributed by atoms with van der Waals surface area (Å²) in [6.45, 7) is 0. The largest absolute Gasteiger partial charge is 0.369 e. The summed E-state index contributed by atoms with van der Waals surface area (Å²) in [7, 11) is 0. The fourth-order valence-electron chi connectivity index (χ4n) is 6.11. The first kappa shape index (κ1) is 19.4. The van der Waals surface area contributed by atoms with E-state index in [0.29, 0.717) is 5.96 Å². The lowest BCUT2D eigenvalue weighted by atomic mass is 10.0. The number of hydrogen-bond acceptors (Lipinski definition) is 1. The van der Waals surface area contributed by atoms with Crippen LogP contribution in [0.1, 0.15) is 0 Å². The Bertz CT molecular complexity index is 1930. The Kier molecular flexibility index (Phi) is 3.81. The fraction of sp³-hybridized carbons (Fsp3) is 0. The summed E-state index contributed by atoms with van der Waals surface area (Å²) < 4.78 is 0. The third-order valence-electron chi connectivity index (χ3n) is 7.55. The molecule has 0 heterocycles. The van der Waals surface area contributed by atoms with Gasteiger partial charge in [0.2, 0.25) is 0 Å². The molecule has 2 aliphatic carbocycles. The number of rotatable bonds is 2. The Morgan fingerprint density at radius 3 is 1.69 bits per heavy atom. The van der Waals surface area contributed by atoms with Gasteiger partial charge in [-0.2, -0.15) is 0 Å². The summed E-state index contributed by atoms with van der Waals surface area (Å²) in [5.41, 5.74) is 18.2. The predicted octanol–water partition coefficient (Wildman–Crippen LogP) is 8.35. The summed E-state index contributed by atoms with van der Waals surface area (Å²) in [5, 5.41) is 8.40. The molecule has 6 aromatic rings. The van der Waals surface area contributed by atoms with Crippen molar-refractivity contribution < 1.29 is 0 Å². The molecular weight excluding hydrogens is 438 g/mol.